The van der Waals surface area contributed by atoms with Crippen molar-refractivity contribution in [1.82, 2.24) is 39.3 Å². The van der Waals surface area contributed by atoms with E-state index in [1.807, 2.05) is 0 Å². The number of allylic oxidation sites excluding steroid dienone is 1. The number of fused-ring (bicyclic) bond motifs is 1. The molecule has 6 rings (SSSR count). The van der Waals surface area contributed by atoms with Crippen LogP contribution in [0.4, 0.5) is 15.9 Å². The number of likely N-dealkylation sites (N-methyl/N-ethyl adjacent to an activating group) is 1. The fraction of sp³-hybridized carbons (Fsp3) is 0.273. The topological polar surface area (TPSA) is 134 Å². The summed E-state index contributed by atoms with van der Waals surface area (Å²) >= 11 is 0. The molecule has 2 aromatic carbocycles. The molecule has 2 N–H and O–H groups in total. The molecule has 236 valence electrons. The first-order valence-corrected chi connectivity index (χ1v) is 14.8. The maximum Gasteiger partial charge on any atom is 0.290 e. The Kier molecular flexibility index (Phi) is 8.54. The van der Waals surface area contributed by atoms with Crippen LogP contribution in [0.1, 0.15) is 23.7 Å². The lowest BCUT2D eigenvalue weighted by Gasteiger charge is -2.31. The first kappa shape index (κ1) is 30.9. The number of rotatable bonds is 8. The summed E-state index contributed by atoms with van der Waals surface area (Å²) in [5, 5.41) is 22.5. The Morgan fingerprint density at radius 3 is 2.50 bits per heavy atom. The van der Waals surface area contributed by atoms with Crippen molar-refractivity contribution in [3.05, 3.63) is 105 Å². The van der Waals surface area contributed by atoms with E-state index in [-0.39, 0.29) is 16.8 Å². The smallest absolute Gasteiger partial charge is 0.290 e. The third-order valence-electron chi connectivity index (χ3n) is 8.16. The van der Waals surface area contributed by atoms with Gasteiger partial charge in [-0.05, 0) is 43.8 Å². The summed E-state index contributed by atoms with van der Waals surface area (Å²) < 4.78 is 17.4. The van der Waals surface area contributed by atoms with Crippen LogP contribution >= 0.6 is 0 Å². The minimum absolute atomic E-state index is 0.128. The first-order valence-electron chi connectivity index (χ1n) is 14.8. The zero-order valence-electron chi connectivity index (χ0n) is 25.9. The molecule has 0 unspecified atom stereocenters. The summed E-state index contributed by atoms with van der Waals surface area (Å²) in [5.74, 6) is -0.305. The number of aliphatic hydroxyl groups excluding tert-OH is 1. The lowest BCUT2D eigenvalue weighted by Crippen LogP contribution is -2.44. The number of anilines is 2. The Morgan fingerprint density at radius 1 is 1.02 bits per heavy atom. The van der Waals surface area contributed by atoms with Gasteiger partial charge in [0.2, 0.25) is 0 Å². The van der Waals surface area contributed by atoms with E-state index in [4.69, 9.17) is 0 Å². The summed E-state index contributed by atoms with van der Waals surface area (Å²) in [6.07, 6.45) is 4.68. The van der Waals surface area contributed by atoms with Gasteiger partial charge in [0, 0.05) is 56.3 Å². The predicted octanol–water partition coefficient (Wildman–Crippen LogP) is 3.09. The molecule has 4 heterocycles. The van der Waals surface area contributed by atoms with Crippen LogP contribution in [0.25, 0.3) is 33.3 Å². The molecule has 0 atom stereocenters. The highest BCUT2D eigenvalue weighted by atomic mass is 19.1. The molecule has 5 aromatic rings. The van der Waals surface area contributed by atoms with Crippen molar-refractivity contribution >= 4 is 27.9 Å². The van der Waals surface area contributed by atoms with E-state index in [2.05, 4.69) is 48.9 Å². The Bertz CT molecular complexity index is 2070. The van der Waals surface area contributed by atoms with Gasteiger partial charge in [0.05, 0.1) is 47.7 Å². The molecule has 0 saturated carbocycles. The van der Waals surface area contributed by atoms with Gasteiger partial charge in [-0.25, -0.2) is 14.1 Å². The van der Waals surface area contributed by atoms with Gasteiger partial charge in [-0.15, -0.1) is 0 Å². The molecule has 1 aliphatic rings. The maximum absolute atomic E-state index is 15.1. The van der Waals surface area contributed by atoms with Crippen molar-refractivity contribution in [3.8, 4) is 16.9 Å². The third-order valence-corrected chi connectivity index (χ3v) is 8.16. The first-order chi connectivity index (χ1) is 22.1. The average Bonchev–Trinajstić information content (AvgIpc) is 3.04. The van der Waals surface area contributed by atoms with E-state index >= 15 is 4.39 Å². The molecular formula is C33H34FN9O3. The zero-order chi connectivity index (χ0) is 32.5. The molecule has 46 heavy (non-hydrogen) atoms. The number of nitrogens with one attached hydrogen (secondary N) is 1. The molecule has 1 fully saturated rings. The number of piperazine rings is 1. The third kappa shape index (κ3) is 6.07. The Hall–Kier alpha value is -5.11. The number of hydrogen-bond donors (Lipinski definition) is 2. The molecule has 13 heteroatoms. The molecule has 0 amide bonds. The Morgan fingerprint density at radius 2 is 1.80 bits per heavy atom. The number of aliphatic hydroxyl groups is 1. The van der Waals surface area contributed by atoms with E-state index in [1.165, 1.54) is 24.0 Å². The average molecular weight is 624 g/mol. The monoisotopic (exact) mass is 623 g/mol. The minimum Gasteiger partial charge on any atom is -0.392 e. The largest absolute Gasteiger partial charge is 0.392 e. The second kappa shape index (κ2) is 12.7. The predicted molar refractivity (Wildman–Crippen MR) is 174 cm³/mol. The molecule has 0 spiro atoms. The second-order valence-electron chi connectivity index (χ2n) is 11.5. The van der Waals surface area contributed by atoms with Crippen LogP contribution in [0, 0.1) is 5.82 Å². The summed E-state index contributed by atoms with van der Waals surface area (Å²) in [7, 11) is 3.63. The summed E-state index contributed by atoms with van der Waals surface area (Å²) in [5.41, 5.74) is 2.55. The maximum atomic E-state index is 15.1. The lowest BCUT2D eigenvalue weighted by atomic mass is 10.0. The fourth-order valence-electron chi connectivity index (χ4n) is 5.53. The SMILES string of the molecule is C=C(C)c1cc(F)c2c(=O)n(-c3cccc(-c4cc(Nc5cnc(CN6CCN(C)CC6)cn5)c(=O)n(C)n4)c3CO)ncc2c1. The molecule has 3 aromatic heterocycles. The normalized spacial score (nSPS) is 14.1. The van der Waals surface area contributed by atoms with Crippen molar-refractivity contribution in [2.24, 2.45) is 7.05 Å². The zero-order valence-corrected chi connectivity index (χ0v) is 25.9. The van der Waals surface area contributed by atoms with Gasteiger partial charge >= 0.3 is 0 Å². The van der Waals surface area contributed by atoms with E-state index < -0.39 is 23.5 Å². The van der Waals surface area contributed by atoms with Crippen molar-refractivity contribution in [3.63, 3.8) is 0 Å². The van der Waals surface area contributed by atoms with Crippen LogP contribution in [0.3, 0.4) is 0 Å². The molecule has 0 aliphatic carbocycles. The van der Waals surface area contributed by atoms with Gasteiger partial charge in [0.25, 0.3) is 11.1 Å². The summed E-state index contributed by atoms with van der Waals surface area (Å²) in [6.45, 7) is 9.75. The molecule has 1 saturated heterocycles. The highest BCUT2D eigenvalue weighted by Crippen LogP contribution is 2.29. The summed E-state index contributed by atoms with van der Waals surface area (Å²) in [6, 6.07) is 9.48. The van der Waals surface area contributed by atoms with Crippen molar-refractivity contribution in [2.45, 2.75) is 20.1 Å². The van der Waals surface area contributed by atoms with Gasteiger partial charge in [-0.1, -0.05) is 24.3 Å². The highest BCUT2D eigenvalue weighted by molar-refractivity contribution is 5.85. The minimum atomic E-state index is -0.691. The molecule has 1 aliphatic heterocycles. The van der Waals surface area contributed by atoms with Gasteiger partial charge in [-0.2, -0.15) is 14.9 Å². The van der Waals surface area contributed by atoms with Crippen LogP contribution in [0.15, 0.2) is 71.2 Å². The van der Waals surface area contributed by atoms with Crippen LogP contribution in [0.5, 0.6) is 0 Å². The van der Waals surface area contributed by atoms with Crippen LogP contribution in [-0.4, -0.2) is 77.7 Å². The molecule has 0 radical (unpaired) electrons. The van der Waals surface area contributed by atoms with Gasteiger partial charge in [-0.3, -0.25) is 19.5 Å². The van der Waals surface area contributed by atoms with Crippen molar-refractivity contribution in [1.29, 1.82) is 0 Å². The molecule has 12 nitrogen and oxygen atoms in total. The van der Waals surface area contributed by atoms with E-state index in [1.54, 1.807) is 49.6 Å². The number of nitrogens with zero attached hydrogens (tertiary/aromatic N) is 8. The van der Waals surface area contributed by atoms with E-state index in [0.717, 1.165) is 36.6 Å². The van der Waals surface area contributed by atoms with Crippen molar-refractivity contribution < 1.29 is 9.50 Å². The number of hydrogen-bond acceptors (Lipinski definition) is 10. The Balaban J connectivity index is 1.33. The highest BCUT2D eigenvalue weighted by Gasteiger charge is 2.19. The van der Waals surface area contributed by atoms with E-state index in [0.29, 0.717) is 45.7 Å². The number of aryl methyl sites for hydroxylation is 1. The lowest BCUT2D eigenvalue weighted by molar-refractivity contribution is 0.147. The van der Waals surface area contributed by atoms with Crippen LogP contribution in [0.2, 0.25) is 0 Å². The standard InChI is InChI=1S/C33H34FN9O3/c1-20(2)21-12-22-15-37-43(33(46)31(22)26(34)13-21)29-7-5-6-24(25(29)19-44)27-14-28(32(45)41(4)39-27)38-30-17-35-23(16-36-30)18-42-10-8-40(3)9-11-42/h5-7,12-17,44H,1,8-11,18-19H2,2-4H3,(H,36,38). The molecule has 0 bridgehead atoms. The van der Waals surface area contributed by atoms with E-state index in [9.17, 15) is 14.7 Å². The quantitative estimate of drug-likeness (QED) is 0.266. The fourth-order valence-corrected chi connectivity index (χ4v) is 5.53. The molecular weight excluding hydrogens is 589 g/mol. The number of benzene rings is 2. The second-order valence-corrected chi connectivity index (χ2v) is 11.5. The van der Waals surface area contributed by atoms with Crippen molar-refractivity contribution in [2.75, 3.05) is 38.5 Å². The van der Waals surface area contributed by atoms with Crippen LogP contribution in [-0.2, 0) is 20.2 Å². The van der Waals surface area contributed by atoms with Gasteiger partial charge < -0.3 is 15.3 Å². The van der Waals surface area contributed by atoms with Gasteiger partial charge in [0.1, 0.15) is 17.3 Å². The number of halogens is 1. The number of aromatic nitrogens is 6. The van der Waals surface area contributed by atoms with Gasteiger partial charge in [0.15, 0.2) is 0 Å². The Labute approximate surface area is 264 Å². The summed E-state index contributed by atoms with van der Waals surface area (Å²) in [4.78, 5) is 40.2. The van der Waals surface area contributed by atoms with Crippen LogP contribution < -0.4 is 16.4 Å².